The molecular formula is C14H14ClFN2O2S. The van der Waals surface area contributed by atoms with E-state index in [0.717, 1.165) is 4.31 Å². The van der Waals surface area contributed by atoms with Crippen molar-refractivity contribution in [3.8, 4) is 0 Å². The first-order valence-corrected chi connectivity index (χ1v) is 8.02. The highest BCUT2D eigenvalue weighted by molar-refractivity contribution is 7.93. The zero-order chi connectivity index (χ0) is 15.6. The van der Waals surface area contributed by atoms with Gasteiger partial charge in [0.15, 0.2) is 0 Å². The van der Waals surface area contributed by atoms with Gasteiger partial charge in [0.05, 0.1) is 16.4 Å². The second kappa shape index (κ2) is 5.91. The average Bonchev–Trinajstić information content (AvgIpc) is 2.41. The molecule has 0 bridgehead atoms. The van der Waals surface area contributed by atoms with Crippen LogP contribution in [0.1, 0.15) is 6.92 Å². The number of nitrogens with zero attached hydrogens (tertiary/aromatic N) is 1. The zero-order valence-corrected chi connectivity index (χ0v) is 12.8. The smallest absolute Gasteiger partial charge is 0.267 e. The standard InChI is InChI=1S/C14H14ClFN2O2S/c1-2-18(13-9-4-3-7-11(13)16)21(19,20)14-10(15)6-5-8-12(14)17/h3-9H,2,17H2,1H3. The summed E-state index contributed by atoms with van der Waals surface area (Å²) in [6.45, 7) is 1.66. The Morgan fingerprint density at radius 3 is 2.43 bits per heavy atom. The number of anilines is 2. The van der Waals surface area contributed by atoms with Gasteiger partial charge in [-0.25, -0.2) is 12.8 Å². The maximum Gasteiger partial charge on any atom is 0.267 e. The summed E-state index contributed by atoms with van der Waals surface area (Å²) in [6.07, 6.45) is 0. The first kappa shape index (κ1) is 15.6. The van der Waals surface area contributed by atoms with E-state index >= 15 is 0 Å². The van der Waals surface area contributed by atoms with Crippen LogP contribution in [0.3, 0.4) is 0 Å². The monoisotopic (exact) mass is 328 g/mol. The summed E-state index contributed by atoms with van der Waals surface area (Å²) >= 11 is 5.96. The van der Waals surface area contributed by atoms with E-state index in [0.29, 0.717) is 0 Å². The molecule has 2 aromatic carbocycles. The number of nitrogen functional groups attached to an aromatic ring is 1. The molecule has 0 radical (unpaired) electrons. The third kappa shape index (κ3) is 2.82. The first-order valence-electron chi connectivity index (χ1n) is 6.20. The Morgan fingerprint density at radius 1 is 1.19 bits per heavy atom. The van der Waals surface area contributed by atoms with Crippen LogP contribution in [0.2, 0.25) is 5.02 Å². The maximum absolute atomic E-state index is 13.9. The van der Waals surface area contributed by atoms with Crippen molar-refractivity contribution in [3.63, 3.8) is 0 Å². The molecule has 4 nitrogen and oxygen atoms in total. The number of sulfonamides is 1. The van der Waals surface area contributed by atoms with Crippen molar-refractivity contribution in [1.29, 1.82) is 0 Å². The highest BCUT2D eigenvalue weighted by atomic mass is 35.5. The van der Waals surface area contributed by atoms with Gasteiger partial charge in [-0.15, -0.1) is 0 Å². The highest BCUT2D eigenvalue weighted by Crippen LogP contribution is 2.33. The van der Waals surface area contributed by atoms with E-state index in [9.17, 15) is 12.8 Å². The number of rotatable bonds is 4. The number of hydrogen-bond donors (Lipinski definition) is 1. The fourth-order valence-electron chi connectivity index (χ4n) is 2.03. The topological polar surface area (TPSA) is 63.4 Å². The van der Waals surface area contributed by atoms with Crippen LogP contribution >= 0.6 is 11.6 Å². The minimum atomic E-state index is -4.05. The second-order valence-corrected chi connectivity index (χ2v) is 6.49. The minimum absolute atomic E-state index is 0.00443. The van der Waals surface area contributed by atoms with Crippen LogP contribution in [-0.2, 0) is 10.0 Å². The van der Waals surface area contributed by atoms with Gasteiger partial charge in [-0.3, -0.25) is 4.31 Å². The van der Waals surface area contributed by atoms with E-state index in [-0.39, 0.29) is 27.8 Å². The Hall–Kier alpha value is -1.79. The molecule has 2 aromatic rings. The van der Waals surface area contributed by atoms with Crippen LogP contribution in [0.25, 0.3) is 0 Å². The Kier molecular flexibility index (Phi) is 4.39. The number of para-hydroxylation sites is 1. The van der Waals surface area contributed by atoms with Gasteiger partial charge in [0.25, 0.3) is 10.0 Å². The van der Waals surface area contributed by atoms with Crippen LogP contribution in [0, 0.1) is 5.82 Å². The molecule has 0 amide bonds. The Balaban J connectivity index is 2.64. The van der Waals surface area contributed by atoms with Gasteiger partial charge in [0.1, 0.15) is 10.7 Å². The van der Waals surface area contributed by atoms with Crippen LogP contribution in [0.5, 0.6) is 0 Å². The zero-order valence-electron chi connectivity index (χ0n) is 11.3. The first-order chi connectivity index (χ1) is 9.89. The summed E-state index contributed by atoms with van der Waals surface area (Å²) in [4.78, 5) is -0.211. The molecule has 21 heavy (non-hydrogen) atoms. The minimum Gasteiger partial charge on any atom is -0.398 e. The normalized spacial score (nSPS) is 11.4. The van der Waals surface area contributed by atoms with Gasteiger partial charge in [0, 0.05) is 6.54 Å². The van der Waals surface area contributed by atoms with Gasteiger partial charge in [-0.2, -0.15) is 0 Å². The van der Waals surface area contributed by atoms with E-state index in [1.807, 2.05) is 0 Å². The van der Waals surface area contributed by atoms with E-state index in [2.05, 4.69) is 0 Å². The van der Waals surface area contributed by atoms with Crippen molar-refractivity contribution in [3.05, 3.63) is 53.3 Å². The van der Waals surface area contributed by atoms with Crippen LogP contribution in [0.4, 0.5) is 15.8 Å². The third-order valence-electron chi connectivity index (χ3n) is 2.95. The number of hydrogen-bond acceptors (Lipinski definition) is 3. The highest BCUT2D eigenvalue weighted by Gasteiger charge is 2.29. The van der Waals surface area contributed by atoms with Crippen molar-refractivity contribution >= 4 is 33.0 Å². The molecule has 0 unspecified atom stereocenters. The molecular weight excluding hydrogens is 315 g/mol. The van der Waals surface area contributed by atoms with E-state index in [1.54, 1.807) is 19.1 Å². The van der Waals surface area contributed by atoms with Crippen molar-refractivity contribution in [2.45, 2.75) is 11.8 Å². The van der Waals surface area contributed by atoms with E-state index < -0.39 is 15.8 Å². The van der Waals surface area contributed by atoms with Gasteiger partial charge in [-0.1, -0.05) is 29.8 Å². The SMILES string of the molecule is CCN(c1ccccc1F)S(=O)(=O)c1c(N)cccc1Cl. The maximum atomic E-state index is 13.9. The van der Waals surface area contributed by atoms with E-state index in [1.165, 1.54) is 30.3 Å². The summed E-state index contributed by atoms with van der Waals surface area (Å²) < 4.78 is 40.4. The third-order valence-corrected chi connectivity index (χ3v) is 5.39. The van der Waals surface area contributed by atoms with Crippen LogP contribution < -0.4 is 10.0 Å². The quantitative estimate of drug-likeness (QED) is 0.876. The van der Waals surface area contributed by atoms with E-state index in [4.69, 9.17) is 17.3 Å². The average molecular weight is 329 g/mol. The molecule has 7 heteroatoms. The van der Waals surface area contributed by atoms with Crippen molar-refractivity contribution in [2.24, 2.45) is 0 Å². The number of nitrogens with two attached hydrogens (primary N) is 1. The predicted octanol–water partition coefficient (Wildman–Crippen LogP) is 3.28. The van der Waals surface area contributed by atoms with Crippen molar-refractivity contribution in [2.75, 3.05) is 16.6 Å². The lowest BCUT2D eigenvalue weighted by molar-refractivity contribution is 0.587. The molecule has 0 atom stereocenters. The van der Waals surface area contributed by atoms with Crippen LogP contribution in [0.15, 0.2) is 47.4 Å². The largest absolute Gasteiger partial charge is 0.398 e. The Bertz CT molecular complexity index is 745. The molecule has 0 saturated carbocycles. The van der Waals surface area contributed by atoms with Gasteiger partial charge < -0.3 is 5.73 Å². The summed E-state index contributed by atoms with van der Waals surface area (Å²) in [5, 5.41) is 0.00443. The summed E-state index contributed by atoms with van der Waals surface area (Å²) in [7, 11) is -4.05. The number of halogens is 2. The molecule has 112 valence electrons. The number of benzene rings is 2. The molecule has 0 aromatic heterocycles. The molecule has 0 heterocycles. The molecule has 0 aliphatic rings. The molecule has 0 spiro atoms. The molecule has 0 aliphatic carbocycles. The van der Waals surface area contributed by atoms with Crippen LogP contribution in [-0.4, -0.2) is 15.0 Å². The second-order valence-electron chi connectivity index (χ2n) is 4.28. The lowest BCUT2D eigenvalue weighted by Gasteiger charge is -2.24. The van der Waals surface area contributed by atoms with Gasteiger partial charge in [-0.05, 0) is 31.2 Å². The summed E-state index contributed by atoms with van der Waals surface area (Å²) in [5.74, 6) is -0.631. The molecule has 2 rings (SSSR count). The summed E-state index contributed by atoms with van der Waals surface area (Å²) in [5.41, 5.74) is 5.72. The Morgan fingerprint density at radius 2 is 1.86 bits per heavy atom. The molecule has 0 saturated heterocycles. The lowest BCUT2D eigenvalue weighted by Crippen LogP contribution is -2.32. The molecule has 0 fully saturated rings. The predicted molar refractivity (Wildman–Crippen MR) is 82.5 cm³/mol. The molecule has 0 aliphatic heterocycles. The lowest BCUT2D eigenvalue weighted by atomic mass is 10.3. The van der Waals surface area contributed by atoms with Crippen molar-refractivity contribution < 1.29 is 12.8 Å². The summed E-state index contributed by atoms with van der Waals surface area (Å²) in [6, 6.07) is 10.1. The molecule has 2 N–H and O–H groups in total. The van der Waals surface area contributed by atoms with Gasteiger partial charge >= 0.3 is 0 Å². The fourth-order valence-corrected chi connectivity index (χ4v) is 4.15. The Labute approximate surface area is 128 Å². The fraction of sp³-hybridized carbons (Fsp3) is 0.143. The van der Waals surface area contributed by atoms with Gasteiger partial charge in [0.2, 0.25) is 0 Å². The van der Waals surface area contributed by atoms with Crippen molar-refractivity contribution in [1.82, 2.24) is 0 Å².